The molecular formula is C31H65NO12. The number of methoxy groups -OCH3 is 1. The summed E-state index contributed by atoms with van der Waals surface area (Å²) < 4.78 is 66.2. The van der Waals surface area contributed by atoms with E-state index in [1.165, 1.54) is 0 Å². The van der Waals surface area contributed by atoms with Crippen molar-refractivity contribution in [2.45, 2.75) is 51.7 Å². The van der Waals surface area contributed by atoms with Crippen molar-refractivity contribution in [1.29, 1.82) is 0 Å². The Morgan fingerprint density at radius 2 is 0.614 bits per heavy atom. The zero-order chi connectivity index (χ0) is 32.5. The van der Waals surface area contributed by atoms with Crippen LogP contribution in [0.4, 0.5) is 0 Å². The van der Waals surface area contributed by atoms with Crippen molar-refractivity contribution in [2.24, 2.45) is 5.73 Å². The van der Waals surface area contributed by atoms with Crippen molar-refractivity contribution in [3.8, 4) is 0 Å². The second kappa shape index (κ2) is 32.4. The summed E-state index contributed by atoms with van der Waals surface area (Å²) in [7, 11) is 1.65. The SMILES string of the molecule is COCCOCCOCCOCCOCCC(C)(C)OCCC(C)(C)OCCOCCOCCOCCOCCOCCN. The first-order valence-corrected chi connectivity index (χ1v) is 16.0. The number of hydrogen-bond donors (Lipinski definition) is 1. The van der Waals surface area contributed by atoms with Crippen molar-refractivity contribution in [1.82, 2.24) is 0 Å². The molecular weight excluding hydrogens is 578 g/mol. The van der Waals surface area contributed by atoms with Gasteiger partial charge in [0.15, 0.2) is 0 Å². The van der Waals surface area contributed by atoms with Gasteiger partial charge in [-0.25, -0.2) is 0 Å². The molecule has 0 aromatic heterocycles. The lowest BCUT2D eigenvalue weighted by Crippen LogP contribution is -2.32. The molecule has 0 aliphatic rings. The Bertz CT molecular complexity index is 572. The lowest BCUT2D eigenvalue weighted by molar-refractivity contribution is -0.0918. The fourth-order valence-corrected chi connectivity index (χ4v) is 3.38. The molecule has 0 aliphatic heterocycles. The van der Waals surface area contributed by atoms with Crippen LogP contribution in [0.15, 0.2) is 0 Å². The van der Waals surface area contributed by atoms with Crippen LogP contribution in [-0.2, 0) is 56.8 Å². The molecule has 266 valence electrons. The summed E-state index contributed by atoms with van der Waals surface area (Å²) in [6.45, 7) is 20.3. The van der Waals surface area contributed by atoms with Gasteiger partial charge >= 0.3 is 0 Å². The number of rotatable bonds is 37. The molecule has 0 saturated carbocycles. The van der Waals surface area contributed by atoms with Gasteiger partial charge in [-0.15, -0.1) is 0 Å². The molecule has 0 aromatic carbocycles. The standard InChI is InChI=1S/C31H65NO12/c1-30(2,6-9-34-14-16-37-20-22-39-19-18-36-13-12-33-5)43-10-7-31(3,4)44-29-28-42-27-26-41-25-24-40-23-21-38-17-15-35-11-8-32/h6-29,32H2,1-5H3. The number of hydrogen-bond acceptors (Lipinski definition) is 13. The first-order valence-electron chi connectivity index (χ1n) is 16.0. The molecule has 0 spiro atoms. The van der Waals surface area contributed by atoms with Crippen molar-refractivity contribution in [2.75, 3.05) is 152 Å². The summed E-state index contributed by atoms with van der Waals surface area (Å²) in [6, 6.07) is 0. The van der Waals surface area contributed by atoms with Crippen LogP contribution < -0.4 is 5.73 Å². The number of nitrogens with two attached hydrogens (primary N) is 1. The maximum absolute atomic E-state index is 6.12. The highest BCUT2D eigenvalue weighted by molar-refractivity contribution is 4.72. The fourth-order valence-electron chi connectivity index (χ4n) is 3.38. The van der Waals surface area contributed by atoms with E-state index in [0.29, 0.717) is 145 Å². The molecule has 0 bridgehead atoms. The van der Waals surface area contributed by atoms with Gasteiger partial charge in [0.05, 0.1) is 143 Å². The van der Waals surface area contributed by atoms with E-state index in [9.17, 15) is 0 Å². The Kier molecular flexibility index (Phi) is 32.0. The molecule has 0 heterocycles. The van der Waals surface area contributed by atoms with Crippen LogP contribution in [0, 0.1) is 0 Å². The Morgan fingerprint density at radius 1 is 0.341 bits per heavy atom. The highest BCUT2D eigenvalue weighted by Crippen LogP contribution is 2.19. The van der Waals surface area contributed by atoms with Crippen LogP contribution in [-0.4, -0.2) is 164 Å². The van der Waals surface area contributed by atoms with Crippen LogP contribution in [0.1, 0.15) is 40.5 Å². The zero-order valence-corrected chi connectivity index (χ0v) is 28.4. The fraction of sp³-hybridized carbons (Fsp3) is 1.00. The molecule has 0 aliphatic carbocycles. The lowest BCUT2D eigenvalue weighted by atomic mass is 10.0. The van der Waals surface area contributed by atoms with Gasteiger partial charge in [-0.3, -0.25) is 0 Å². The van der Waals surface area contributed by atoms with Crippen molar-refractivity contribution in [3.63, 3.8) is 0 Å². The summed E-state index contributed by atoms with van der Waals surface area (Å²) in [5.41, 5.74) is 4.76. The average molecular weight is 644 g/mol. The van der Waals surface area contributed by atoms with Gasteiger partial charge in [-0.1, -0.05) is 0 Å². The molecule has 0 fully saturated rings. The van der Waals surface area contributed by atoms with Crippen LogP contribution in [0.25, 0.3) is 0 Å². The van der Waals surface area contributed by atoms with Gasteiger partial charge in [-0.05, 0) is 40.5 Å². The Balaban J connectivity index is 3.49. The van der Waals surface area contributed by atoms with Gasteiger partial charge in [0.2, 0.25) is 0 Å². The third kappa shape index (κ3) is 34.4. The highest BCUT2D eigenvalue weighted by atomic mass is 16.6. The normalized spacial score (nSPS) is 12.4. The predicted molar refractivity (Wildman–Crippen MR) is 168 cm³/mol. The first-order chi connectivity index (χ1) is 21.3. The van der Waals surface area contributed by atoms with E-state index < -0.39 is 0 Å². The van der Waals surface area contributed by atoms with Gasteiger partial charge in [-0.2, -0.15) is 0 Å². The molecule has 0 radical (unpaired) electrons. The molecule has 0 rings (SSSR count). The molecule has 0 saturated heterocycles. The summed E-state index contributed by atoms with van der Waals surface area (Å²) >= 11 is 0. The van der Waals surface area contributed by atoms with Gasteiger partial charge in [0, 0.05) is 20.3 Å². The van der Waals surface area contributed by atoms with E-state index in [-0.39, 0.29) is 11.2 Å². The van der Waals surface area contributed by atoms with Crippen LogP contribution in [0.5, 0.6) is 0 Å². The Morgan fingerprint density at radius 3 is 0.977 bits per heavy atom. The summed E-state index contributed by atoms with van der Waals surface area (Å²) in [6.07, 6.45) is 1.57. The topological polar surface area (TPSA) is 137 Å². The summed E-state index contributed by atoms with van der Waals surface area (Å²) in [4.78, 5) is 0. The molecule has 13 heteroatoms. The monoisotopic (exact) mass is 643 g/mol. The highest BCUT2D eigenvalue weighted by Gasteiger charge is 2.22. The quantitative estimate of drug-likeness (QED) is 0.0991. The summed E-state index contributed by atoms with van der Waals surface area (Å²) in [5.74, 6) is 0. The Labute approximate surface area is 266 Å². The average Bonchev–Trinajstić information content (AvgIpc) is 2.98. The minimum Gasteiger partial charge on any atom is -0.382 e. The summed E-state index contributed by atoms with van der Waals surface area (Å²) in [5, 5.41) is 0. The maximum atomic E-state index is 6.12. The van der Waals surface area contributed by atoms with Gasteiger partial charge < -0.3 is 62.6 Å². The van der Waals surface area contributed by atoms with E-state index in [0.717, 1.165) is 12.8 Å². The smallest absolute Gasteiger partial charge is 0.0707 e. The molecule has 44 heavy (non-hydrogen) atoms. The minimum absolute atomic E-state index is 0.280. The van der Waals surface area contributed by atoms with Crippen LogP contribution >= 0.6 is 0 Å². The van der Waals surface area contributed by atoms with E-state index in [4.69, 9.17) is 62.6 Å². The number of ether oxygens (including phenoxy) is 12. The van der Waals surface area contributed by atoms with E-state index in [1.54, 1.807) is 7.11 Å². The first kappa shape index (κ1) is 43.5. The van der Waals surface area contributed by atoms with Crippen LogP contribution in [0.3, 0.4) is 0 Å². The zero-order valence-electron chi connectivity index (χ0n) is 28.4. The van der Waals surface area contributed by atoms with Gasteiger partial charge in [0.25, 0.3) is 0 Å². The largest absolute Gasteiger partial charge is 0.382 e. The second-order valence-electron chi connectivity index (χ2n) is 11.0. The molecule has 0 amide bonds. The van der Waals surface area contributed by atoms with E-state index >= 15 is 0 Å². The molecule has 2 N–H and O–H groups in total. The molecule has 0 atom stereocenters. The van der Waals surface area contributed by atoms with Gasteiger partial charge in [0.1, 0.15) is 0 Å². The molecule has 0 aromatic rings. The van der Waals surface area contributed by atoms with Crippen molar-refractivity contribution >= 4 is 0 Å². The third-order valence-electron chi connectivity index (χ3n) is 6.06. The molecule has 13 nitrogen and oxygen atoms in total. The second-order valence-corrected chi connectivity index (χ2v) is 11.0. The molecule has 0 unspecified atom stereocenters. The predicted octanol–water partition coefficient (Wildman–Crippen LogP) is 2.11. The van der Waals surface area contributed by atoms with E-state index in [2.05, 4.69) is 27.7 Å². The Hall–Kier alpha value is -0.520. The lowest BCUT2D eigenvalue weighted by Gasteiger charge is -2.29. The van der Waals surface area contributed by atoms with Crippen molar-refractivity contribution in [3.05, 3.63) is 0 Å². The van der Waals surface area contributed by atoms with Crippen LogP contribution in [0.2, 0.25) is 0 Å². The maximum Gasteiger partial charge on any atom is 0.0707 e. The van der Waals surface area contributed by atoms with Crippen molar-refractivity contribution < 1.29 is 56.8 Å². The minimum atomic E-state index is -0.303. The third-order valence-corrected chi connectivity index (χ3v) is 6.06. The van der Waals surface area contributed by atoms with E-state index in [1.807, 2.05) is 0 Å².